The number of thiazole rings is 1. The van der Waals surface area contributed by atoms with Gasteiger partial charge in [0.15, 0.2) is 0 Å². The van der Waals surface area contributed by atoms with Gasteiger partial charge in [-0.05, 0) is 17.9 Å². The van der Waals surface area contributed by atoms with Crippen LogP contribution < -0.4 is 5.73 Å². The standard InChI is InChI=1S/C14H19ClN2S2/c1-8-6-19-13(12(8)15)9(16)5-11-17-10(7-18-11)14(2,3)4/h6-7,9H,5,16H2,1-4H3. The molecule has 5 heteroatoms. The predicted molar refractivity (Wildman–Crippen MR) is 85.5 cm³/mol. The van der Waals surface area contributed by atoms with E-state index < -0.39 is 0 Å². The number of aromatic nitrogens is 1. The van der Waals surface area contributed by atoms with Crippen LogP contribution in [0.15, 0.2) is 10.8 Å². The van der Waals surface area contributed by atoms with Crippen LogP contribution in [0.5, 0.6) is 0 Å². The first-order chi connectivity index (χ1) is 8.79. The van der Waals surface area contributed by atoms with Crippen molar-refractivity contribution < 1.29 is 0 Å². The molecular formula is C14H19ClN2S2. The predicted octanol–water partition coefficient (Wildman–Crippen LogP) is 4.71. The van der Waals surface area contributed by atoms with Gasteiger partial charge in [0.2, 0.25) is 0 Å². The van der Waals surface area contributed by atoms with Crippen LogP contribution in [0.2, 0.25) is 5.02 Å². The minimum Gasteiger partial charge on any atom is -0.323 e. The number of nitrogens with zero attached hydrogens (tertiary/aromatic N) is 1. The first-order valence-electron chi connectivity index (χ1n) is 6.23. The highest BCUT2D eigenvalue weighted by Crippen LogP contribution is 2.33. The van der Waals surface area contributed by atoms with Gasteiger partial charge in [-0.15, -0.1) is 22.7 Å². The summed E-state index contributed by atoms with van der Waals surface area (Å²) in [5.74, 6) is 0. The Labute approximate surface area is 127 Å². The number of hydrogen-bond donors (Lipinski definition) is 1. The quantitative estimate of drug-likeness (QED) is 0.891. The third-order valence-corrected chi connectivity index (χ3v) is 5.69. The monoisotopic (exact) mass is 314 g/mol. The lowest BCUT2D eigenvalue weighted by atomic mass is 9.93. The minimum atomic E-state index is -0.0647. The molecule has 2 N–H and O–H groups in total. The van der Waals surface area contributed by atoms with Gasteiger partial charge < -0.3 is 5.73 Å². The van der Waals surface area contributed by atoms with E-state index in [0.717, 1.165) is 32.6 Å². The molecule has 2 aromatic heterocycles. The van der Waals surface area contributed by atoms with E-state index >= 15 is 0 Å². The minimum absolute atomic E-state index is 0.0647. The topological polar surface area (TPSA) is 38.9 Å². The second-order valence-electron chi connectivity index (χ2n) is 5.78. The summed E-state index contributed by atoms with van der Waals surface area (Å²) >= 11 is 9.58. The molecule has 104 valence electrons. The number of rotatable bonds is 3. The van der Waals surface area contributed by atoms with Crippen molar-refractivity contribution in [2.75, 3.05) is 0 Å². The first kappa shape index (κ1) is 15.0. The molecule has 0 amide bonds. The summed E-state index contributed by atoms with van der Waals surface area (Å²) in [4.78, 5) is 5.75. The number of halogens is 1. The molecule has 2 aromatic rings. The molecule has 0 saturated carbocycles. The van der Waals surface area contributed by atoms with Crippen LogP contribution in [0.25, 0.3) is 0 Å². The van der Waals surface area contributed by atoms with E-state index in [-0.39, 0.29) is 11.5 Å². The van der Waals surface area contributed by atoms with Gasteiger partial charge in [-0.25, -0.2) is 4.98 Å². The van der Waals surface area contributed by atoms with Crippen molar-refractivity contribution in [1.29, 1.82) is 0 Å². The Morgan fingerprint density at radius 1 is 1.32 bits per heavy atom. The van der Waals surface area contributed by atoms with Crippen molar-refractivity contribution in [3.8, 4) is 0 Å². The number of aryl methyl sites for hydroxylation is 1. The molecule has 0 spiro atoms. The highest BCUT2D eigenvalue weighted by atomic mass is 35.5. The second kappa shape index (κ2) is 5.52. The van der Waals surface area contributed by atoms with Gasteiger partial charge in [-0.1, -0.05) is 32.4 Å². The maximum absolute atomic E-state index is 6.26. The maximum atomic E-state index is 6.26. The first-order valence-corrected chi connectivity index (χ1v) is 8.36. The maximum Gasteiger partial charge on any atom is 0.0947 e. The summed E-state index contributed by atoms with van der Waals surface area (Å²) in [6.45, 7) is 8.53. The zero-order chi connectivity index (χ0) is 14.2. The molecule has 2 heterocycles. The summed E-state index contributed by atoms with van der Waals surface area (Å²) in [6, 6.07) is -0.0647. The van der Waals surface area contributed by atoms with Crippen LogP contribution in [0.3, 0.4) is 0 Å². The van der Waals surface area contributed by atoms with Gasteiger partial charge in [0.25, 0.3) is 0 Å². The van der Waals surface area contributed by atoms with Gasteiger partial charge in [-0.3, -0.25) is 0 Å². The van der Waals surface area contributed by atoms with Crippen LogP contribution in [0.1, 0.15) is 48.0 Å². The molecule has 0 fully saturated rings. The van der Waals surface area contributed by atoms with Gasteiger partial charge in [-0.2, -0.15) is 0 Å². The van der Waals surface area contributed by atoms with Gasteiger partial charge in [0, 0.05) is 28.1 Å². The smallest absolute Gasteiger partial charge is 0.0947 e. The van der Waals surface area contributed by atoms with E-state index in [1.807, 2.05) is 6.92 Å². The molecule has 0 aliphatic carbocycles. The zero-order valence-electron chi connectivity index (χ0n) is 11.7. The molecule has 0 aliphatic rings. The van der Waals surface area contributed by atoms with E-state index in [1.54, 1.807) is 22.7 Å². The molecule has 1 atom stereocenters. The van der Waals surface area contributed by atoms with Crippen LogP contribution in [-0.2, 0) is 11.8 Å². The van der Waals surface area contributed by atoms with Gasteiger partial charge in [0.1, 0.15) is 0 Å². The SMILES string of the molecule is Cc1csc(C(N)Cc2nc(C(C)(C)C)cs2)c1Cl. The molecule has 1 unspecified atom stereocenters. The largest absolute Gasteiger partial charge is 0.323 e. The van der Waals surface area contributed by atoms with Crippen LogP contribution >= 0.6 is 34.3 Å². The molecule has 0 aromatic carbocycles. The Morgan fingerprint density at radius 2 is 2.00 bits per heavy atom. The van der Waals surface area contributed by atoms with E-state index in [1.165, 1.54) is 0 Å². The molecular weight excluding hydrogens is 296 g/mol. The van der Waals surface area contributed by atoms with Crippen molar-refractivity contribution in [3.05, 3.63) is 36.9 Å². The van der Waals surface area contributed by atoms with Crippen molar-refractivity contribution in [1.82, 2.24) is 4.98 Å². The Bertz CT molecular complexity index is 566. The molecule has 19 heavy (non-hydrogen) atoms. The van der Waals surface area contributed by atoms with Crippen molar-refractivity contribution in [2.24, 2.45) is 5.73 Å². The Balaban J connectivity index is 2.13. The third kappa shape index (κ3) is 3.37. The van der Waals surface area contributed by atoms with E-state index in [2.05, 4.69) is 36.5 Å². The Hall–Kier alpha value is -0.420. The fraction of sp³-hybridized carbons (Fsp3) is 0.500. The molecule has 2 nitrogen and oxygen atoms in total. The van der Waals surface area contributed by atoms with Gasteiger partial charge in [0.05, 0.1) is 15.7 Å². The highest BCUT2D eigenvalue weighted by molar-refractivity contribution is 7.11. The fourth-order valence-electron chi connectivity index (χ4n) is 1.73. The second-order valence-corrected chi connectivity index (χ2v) is 8.02. The van der Waals surface area contributed by atoms with Crippen LogP contribution in [0, 0.1) is 6.92 Å². The number of hydrogen-bond acceptors (Lipinski definition) is 4. The summed E-state index contributed by atoms with van der Waals surface area (Å²) in [6.07, 6.45) is 0.750. The summed E-state index contributed by atoms with van der Waals surface area (Å²) in [5.41, 5.74) is 8.58. The Kier molecular flexibility index (Phi) is 4.35. The lowest BCUT2D eigenvalue weighted by molar-refractivity contribution is 0.569. The summed E-state index contributed by atoms with van der Waals surface area (Å²) < 4.78 is 0. The molecule has 0 saturated heterocycles. The highest BCUT2D eigenvalue weighted by Gasteiger charge is 2.20. The normalized spacial score (nSPS) is 13.8. The molecule has 0 aliphatic heterocycles. The van der Waals surface area contributed by atoms with Crippen molar-refractivity contribution >= 4 is 34.3 Å². The summed E-state index contributed by atoms with van der Waals surface area (Å²) in [7, 11) is 0. The van der Waals surface area contributed by atoms with Crippen molar-refractivity contribution in [3.63, 3.8) is 0 Å². The lowest BCUT2D eigenvalue weighted by Gasteiger charge is -2.14. The average Bonchev–Trinajstić information content (AvgIpc) is 2.87. The molecule has 0 bridgehead atoms. The number of thiophene rings is 1. The number of nitrogens with two attached hydrogens (primary N) is 1. The van der Waals surface area contributed by atoms with E-state index in [0.29, 0.717) is 0 Å². The average molecular weight is 315 g/mol. The summed E-state index contributed by atoms with van der Waals surface area (Å²) in [5, 5.41) is 6.08. The zero-order valence-corrected chi connectivity index (χ0v) is 14.0. The molecule has 0 radical (unpaired) electrons. The fourth-order valence-corrected chi connectivity index (χ4v) is 4.15. The van der Waals surface area contributed by atoms with Gasteiger partial charge >= 0.3 is 0 Å². The van der Waals surface area contributed by atoms with E-state index in [4.69, 9.17) is 17.3 Å². The van der Waals surface area contributed by atoms with E-state index in [9.17, 15) is 0 Å². The Morgan fingerprint density at radius 3 is 2.47 bits per heavy atom. The van der Waals surface area contributed by atoms with Crippen LogP contribution in [-0.4, -0.2) is 4.98 Å². The van der Waals surface area contributed by atoms with Crippen molar-refractivity contribution in [2.45, 2.75) is 45.6 Å². The lowest BCUT2D eigenvalue weighted by Crippen LogP contribution is -2.14. The third-order valence-electron chi connectivity index (χ3n) is 2.98. The molecule has 2 rings (SSSR count). The van der Waals surface area contributed by atoms with Crippen LogP contribution in [0.4, 0.5) is 0 Å².